The number of carbonyl (C=O) groups excluding carboxylic acids is 3. The zero-order chi connectivity index (χ0) is 18.0. The van der Waals surface area contributed by atoms with Gasteiger partial charge in [-0.15, -0.1) is 0 Å². The molecule has 0 bridgehead atoms. The third-order valence-corrected chi connectivity index (χ3v) is 4.89. The summed E-state index contributed by atoms with van der Waals surface area (Å²) < 4.78 is 0. The Kier molecular flexibility index (Phi) is 4.88. The Morgan fingerprint density at radius 2 is 2.00 bits per heavy atom. The highest BCUT2D eigenvalue weighted by molar-refractivity contribution is 6.05. The van der Waals surface area contributed by atoms with E-state index in [1.807, 2.05) is 26.0 Å². The highest BCUT2D eigenvalue weighted by Crippen LogP contribution is 2.32. The predicted octanol–water partition coefficient (Wildman–Crippen LogP) is 2.18. The molecular weight excluding hydrogens is 318 g/mol. The quantitative estimate of drug-likeness (QED) is 0.824. The molecule has 1 aromatic rings. The highest BCUT2D eigenvalue weighted by atomic mass is 16.2. The van der Waals surface area contributed by atoms with Crippen molar-refractivity contribution in [3.8, 4) is 0 Å². The molecule has 1 aromatic carbocycles. The summed E-state index contributed by atoms with van der Waals surface area (Å²) in [7, 11) is 0. The first kappa shape index (κ1) is 17.2. The van der Waals surface area contributed by atoms with E-state index in [9.17, 15) is 14.4 Å². The van der Waals surface area contributed by atoms with E-state index in [0.717, 1.165) is 6.42 Å². The average molecular weight is 341 g/mol. The summed E-state index contributed by atoms with van der Waals surface area (Å²) in [5, 5.41) is 4.18. The van der Waals surface area contributed by atoms with Crippen LogP contribution in [0.2, 0.25) is 0 Å². The first-order chi connectivity index (χ1) is 12.0. The van der Waals surface area contributed by atoms with Crippen molar-refractivity contribution in [2.24, 2.45) is 11.8 Å². The van der Waals surface area contributed by atoms with Crippen molar-refractivity contribution >= 4 is 23.4 Å². The molecule has 0 spiro atoms. The number of hydrogen-bond acceptors (Lipinski definition) is 3. The molecule has 2 aliphatic rings. The second-order valence-corrected chi connectivity index (χ2v) is 6.64. The number of rotatable bonds is 4. The van der Waals surface area contributed by atoms with Crippen LogP contribution >= 0.6 is 0 Å². The van der Waals surface area contributed by atoms with Gasteiger partial charge in [-0.3, -0.25) is 19.8 Å². The van der Waals surface area contributed by atoms with Gasteiger partial charge in [-0.1, -0.05) is 25.1 Å². The van der Waals surface area contributed by atoms with Crippen LogP contribution < -0.4 is 15.8 Å². The Bertz CT molecular complexity index is 728. The van der Waals surface area contributed by atoms with E-state index in [0.29, 0.717) is 24.1 Å². The van der Waals surface area contributed by atoms with E-state index < -0.39 is 0 Å². The summed E-state index contributed by atoms with van der Waals surface area (Å²) in [5.74, 6) is -1.11. The number of nitrogens with zero attached hydrogens (tertiary/aromatic N) is 1. The van der Waals surface area contributed by atoms with Crippen molar-refractivity contribution in [2.75, 3.05) is 5.01 Å². The van der Waals surface area contributed by atoms with Crippen LogP contribution in [0.15, 0.2) is 36.4 Å². The minimum Gasteiger partial charge on any atom is -0.350 e. The molecule has 2 N–H and O–H groups in total. The van der Waals surface area contributed by atoms with Crippen LogP contribution in [0.25, 0.3) is 0 Å². The Hall–Kier alpha value is -2.63. The number of allylic oxidation sites excluding steroid dienone is 2. The molecule has 1 heterocycles. The van der Waals surface area contributed by atoms with Crippen molar-refractivity contribution in [1.82, 2.24) is 10.7 Å². The van der Waals surface area contributed by atoms with Crippen LogP contribution in [0.5, 0.6) is 0 Å². The van der Waals surface area contributed by atoms with Gasteiger partial charge in [0.15, 0.2) is 0 Å². The lowest BCUT2D eigenvalue weighted by molar-refractivity contribution is -0.139. The molecule has 1 aliphatic carbocycles. The zero-order valence-electron chi connectivity index (χ0n) is 14.5. The van der Waals surface area contributed by atoms with Gasteiger partial charge in [0.1, 0.15) is 0 Å². The summed E-state index contributed by atoms with van der Waals surface area (Å²) in [6.45, 7) is 3.94. The molecule has 0 unspecified atom stereocenters. The fraction of sp³-hybridized carbons (Fsp3) is 0.421. The second kappa shape index (κ2) is 7.09. The van der Waals surface area contributed by atoms with Gasteiger partial charge in [0.25, 0.3) is 5.91 Å². The summed E-state index contributed by atoms with van der Waals surface area (Å²) >= 11 is 0. The molecule has 0 aromatic heterocycles. The van der Waals surface area contributed by atoms with Crippen LogP contribution in [0.3, 0.4) is 0 Å². The van der Waals surface area contributed by atoms with Crippen molar-refractivity contribution in [1.29, 1.82) is 0 Å². The molecule has 3 atom stereocenters. The lowest BCUT2D eigenvalue weighted by Gasteiger charge is -2.38. The fourth-order valence-electron chi connectivity index (χ4n) is 3.18. The molecule has 3 rings (SSSR count). The highest BCUT2D eigenvalue weighted by Gasteiger charge is 2.42. The second-order valence-electron chi connectivity index (χ2n) is 6.64. The van der Waals surface area contributed by atoms with Crippen LogP contribution in [-0.2, 0) is 9.59 Å². The average Bonchev–Trinajstić information content (AvgIpc) is 2.64. The SMILES string of the molecule is CC[C@H](C)NC(=O)c1cccc(N2NC(=O)[C@H]3CC=CC[C@H]3C2=O)c1. The predicted molar refractivity (Wildman–Crippen MR) is 94.6 cm³/mol. The van der Waals surface area contributed by atoms with E-state index in [1.165, 1.54) is 5.01 Å². The number of anilines is 1. The smallest absolute Gasteiger partial charge is 0.251 e. The maximum Gasteiger partial charge on any atom is 0.251 e. The molecule has 6 nitrogen and oxygen atoms in total. The van der Waals surface area contributed by atoms with Crippen molar-refractivity contribution in [3.63, 3.8) is 0 Å². The first-order valence-corrected chi connectivity index (χ1v) is 8.71. The van der Waals surface area contributed by atoms with Gasteiger partial charge in [0.2, 0.25) is 11.8 Å². The zero-order valence-corrected chi connectivity index (χ0v) is 14.5. The molecule has 0 saturated carbocycles. The number of nitrogens with one attached hydrogen (secondary N) is 2. The van der Waals surface area contributed by atoms with Crippen LogP contribution in [0, 0.1) is 11.8 Å². The van der Waals surface area contributed by atoms with E-state index in [-0.39, 0.29) is 35.6 Å². The Morgan fingerprint density at radius 3 is 2.72 bits per heavy atom. The summed E-state index contributed by atoms with van der Waals surface area (Å²) in [6, 6.07) is 6.84. The van der Waals surface area contributed by atoms with E-state index >= 15 is 0 Å². The monoisotopic (exact) mass is 341 g/mol. The molecule has 3 amide bonds. The summed E-state index contributed by atoms with van der Waals surface area (Å²) in [5.41, 5.74) is 3.65. The van der Waals surface area contributed by atoms with E-state index in [2.05, 4.69) is 10.7 Å². The normalized spacial score (nSPS) is 23.7. The Balaban J connectivity index is 1.83. The van der Waals surface area contributed by atoms with Gasteiger partial charge in [0, 0.05) is 11.6 Å². The standard InChI is InChI=1S/C19H23N3O3/c1-3-12(2)20-17(23)13-7-6-8-14(11-13)22-19(25)16-10-5-4-9-15(16)18(24)21-22/h4-8,11-12,15-16H,3,9-10H2,1-2H3,(H,20,23)(H,21,24)/t12-,15-,16+/m0/s1. The Morgan fingerprint density at radius 1 is 1.28 bits per heavy atom. The molecular formula is C19H23N3O3. The van der Waals surface area contributed by atoms with Gasteiger partial charge < -0.3 is 5.32 Å². The minimum atomic E-state index is -0.337. The maximum atomic E-state index is 12.8. The first-order valence-electron chi connectivity index (χ1n) is 8.71. The third kappa shape index (κ3) is 3.43. The van der Waals surface area contributed by atoms with Gasteiger partial charge in [-0.05, 0) is 44.4 Å². The molecule has 6 heteroatoms. The minimum absolute atomic E-state index is 0.0715. The van der Waals surface area contributed by atoms with Crippen LogP contribution in [-0.4, -0.2) is 23.8 Å². The fourth-order valence-corrected chi connectivity index (χ4v) is 3.18. The van der Waals surface area contributed by atoms with Crippen molar-refractivity contribution in [2.45, 2.75) is 39.2 Å². The molecule has 132 valence electrons. The molecule has 1 aliphatic heterocycles. The maximum absolute atomic E-state index is 12.8. The molecule has 25 heavy (non-hydrogen) atoms. The number of amides is 3. The lowest BCUT2D eigenvalue weighted by Crippen LogP contribution is -2.59. The number of hydrogen-bond donors (Lipinski definition) is 2. The molecule has 1 saturated heterocycles. The lowest BCUT2D eigenvalue weighted by atomic mass is 9.80. The number of benzene rings is 1. The number of hydrazine groups is 1. The third-order valence-electron chi connectivity index (χ3n) is 4.89. The van der Waals surface area contributed by atoms with Crippen molar-refractivity contribution in [3.05, 3.63) is 42.0 Å². The van der Waals surface area contributed by atoms with E-state index in [1.54, 1.807) is 24.3 Å². The van der Waals surface area contributed by atoms with Gasteiger partial charge in [-0.2, -0.15) is 0 Å². The van der Waals surface area contributed by atoms with Crippen LogP contribution in [0.1, 0.15) is 43.5 Å². The number of fused-ring (bicyclic) bond motifs is 1. The van der Waals surface area contributed by atoms with Gasteiger partial charge in [-0.25, -0.2) is 5.01 Å². The molecule has 1 fully saturated rings. The number of carbonyl (C=O) groups is 3. The Labute approximate surface area is 147 Å². The van der Waals surface area contributed by atoms with Crippen LogP contribution in [0.4, 0.5) is 5.69 Å². The topological polar surface area (TPSA) is 78.5 Å². The summed E-state index contributed by atoms with van der Waals surface area (Å²) in [6.07, 6.45) is 5.90. The largest absolute Gasteiger partial charge is 0.350 e. The van der Waals surface area contributed by atoms with E-state index in [4.69, 9.17) is 0 Å². The molecule has 0 radical (unpaired) electrons. The van der Waals surface area contributed by atoms with Gasteiger partial charge in [0.05, 0.1) is 17.5 Å². The summed E-state index contributed by atoms with van der Waals surface area (Å²) in [4.78, 5) is 37.4. The van der Waals surface area contributed by atoms with Crippen molar-refractivity contribution < 1.29 is 14.4 Å². The van der Waals surface area contributed by atoms with Gasteiger partial charge >= 0.3 is 0 Å².